The number of nitrogens with one attached hydrogen (secondary N) is 2. The van der Waals surface area contributed by atoms with Crippen LogP contribution in [0.3, 0.4) is 0 Å². The van der Waals surface area contributed by atoms with Crippen LogP contribution in [0.4, 0.5) is 21.9 Å². The van der Waals surface area contributed by atoms with Crippen LogP contribution in [0.2, 0.25) is 0 Å². The van der Waals surface area contributed by atoms with E-state index in [0.29, 0.717) is 24.5 Å². The Balaban J connectivity index is 1.49. The molecule has 0 unspecified atom stereocenters. The molecule has 0 spiro atoms. The molecular formula is C22H25N3O5S. The number of nitrogens with zero attached hydrogens (tertiary/aromatic N) is 1. The van der Waals surface area contributed by atoms with E-state index in [-0.39, 0.29) is 31.3 Å². The van der Waals surface area contributed by atoms with E-state index >= 15 is 0 Å². The molecule has 2 N–H and O–H groups in total. The number of para-hydroxylation sites is 1. The fourth-order valence-electron chi connectivity index (χ4n) is 3.05. The van der Waals surface area contributed by atoms with Crippen molar-refractivity contribution in [1.82, 2.24) is 0 Å². The van der Waals surface area contributed by atoms with E-state index in [0.717, 1.165) is 16.3 Å². The van der Waals surface area contributed by atoms with Gasteiger partial charge in [-0.05, 0) is 30.3 Å². The summed E-state index contributed by atoms with van der Waals surface area (Å²) in [7, 11) is 1.52. The summed E-state index contributed by atoms with van der Waals surface area (Å²) in [5.41, 5.74) is 1.91. The fourth-order valence-corrected chi connectivity index (χ4v) is 4.05. The number of ether oxygens (including phenoxy) is 2. The van der Waals surface area contributed by atoms with Crippen molar-refractivity contribution in [2.24, 2.45) is 0 Å². The van der Waals surface area contributed by atoms with Crippen LogP contribution in [0.15, 0.2) is 53.4 Å². The molecule has 2 aromatic rings. The molecule has 0 saturated heterocycles. The number of hydrogen-bond donors (Lipinski definition) is 2. The second-order valence-electron chi connectivity index (χ2n) is 6.74. The third-order valence-corrected chi connectivity index (χ3v) is 5.55. The standard InChI is InChI=1S/C22H25N3O5S/c1-29-12-13-30-22(28)24-17-6-4-5-16(15-17)23-20(26)9-10-21(27)25-11-14-31-19-8-3-2-7-18(19)25/h2-8,15H,9-14H2,1H3,(H,23,26)(H,24,28). The highest BCUT2D eigenvalue weighted by molar-refractivity contribution is 7.99. The maximum absolute atomic E-state index is 12.7. The highest BCUT2D eigenvalue weighted by atomic mass is 32.2. The first-order valence-electron chi connectivity index (χ1n) is 9.91. The van der Waals surface area contributed by atoms with Crippen LogP contribution in [0.25, 0.3) is 0 Å². The molecule has 0 saturated carbocycles. The van der Waals surface area contributed by atoms with E-state index in [1.165, 1.54) is 7.11 Å². The summed E-state index contributed by atoms with van der Waals surface area (Å²) in [6.45, 7) is 1.09. The first-order valence-corrected chi connectivity index (χ1v) is 10.9. The van der Waals surface area contributed by atoms with E-state index in [9.17, 15) is 14.4 Å². The molecule has 0 bridgehead atoms. The van der Waals surface area contributed by atoms with Crippen molar-refractivity contribution < 1.29 is 23.9 Å². The number of carbonyl (C=O) groups excluding carboxylic acids is 3. The Morgan fingerprint density at radius 2 is 1.77 bits per heavy atom. The van der Waals surface area contributed by atoms with Crippen molar-refractivity contribution in [2.75, 3.05) is 48.2 Å². The van der Waals surface area contributed by atoms with Crippen molar-refractivity contribution in [3.63, 3.8) is 0 Å². The van der Waals surface area contributed by atoms with Gasteiger partial charge in [-0.3, -0.25) is 14.9 Å². The normalized spacial score (nSPS) is 12.6. The highest BCUT2D eigenvalue weighted by Gasteiger charge is 2.22. The molecule has 8 nitrogen and oxygen atoms in total. The molecular weight excluding hydrogens is 418 g/mol. The van der Waals surface area contributed by atoms with Crippen LogP contribution in [0.5, 0.6) is 0 Å². The third-order valence-electron chi connectivity index (χ3n) is 4.51. The summed E-state index contributed by atoms with van der Waals surface area (Å²) in [4.78, 5) is 39.6. The Hall–Kier alpha value is -3.04. The summed E-state index contributed by atoms with van der Waals surface area (Å²) >= 11 is 1.73. The van der Waals surface area contributed by atoms with Gasteiger partial charge in [-0.25, -0.2) is 4.79 Å². The molecule has 0 aromatic heterocycles. The lowest BCUT2D eigenvalue weighted by Gasteiger charge is -2.29. The number of benzene rings is 2. The van der Waals surface area contributed by atoms with Gasteiger partial charge in [0.1, 0.15) is 6.61 Å². The molecule has 9 heteroatoms. The Morgan fingerprint density at radius 1 is 1.00 bits per heavy atom. The predicted octanol–water partition coefficient (Wildman–Crippen LogP) is 3.74. The Kier molecular flexibility index (Phi) is 8.31. The lowest BCUT2D eigenvalue weighted by molar-refractivity contribution is -0.122. The SMILES string of the molecule is COCCOC(=O)Nc1cccc(NC(=O)CCC(=O)N2CCSc3ccccc32)c1. The number of fused-ring (bicyclic) bond motifs is 1. The van der Waals surface area contributed by atoms with Crippen LogP contribution >= 0.6 is 11.8 Å². The van der Waals surface area contributed by atoms with Gasteiger partial charge < -0.3 is 19.7 Å². The average Bonchev–Trinajstić information content (AvgIpc) is 2.77. The number of anilines is 3. The topological polar surface area (TPSA) is 97.0 Å². The molecule has 1 aliphatic heterocycles. The quantitative estimate of drug-likeness (QED) is 0.604. The molecule has 0 aliphatic carbocycles. The number of thioether (sulfide) groups is 1. The number of methoxy groups -OCH3 is 1. The first kappa shape index (κ1) is 22.6. The van der Waals surface area contributed by atoms with Crippen molar-refractivity contribution in [1.29, 1.82) is 0 Å². The fraction of sp³-hybridized carbons (Fsp3) is 0.318. The number of amides is 3. The second-order valence-corrected chi connectivity index (χ2v) is 7.88. The molecule has 0 fully saturated rings. The number of rotatable bonds is 8. The van der Waals surface area contributed by atoms with Crippen LogP contribution in [-0.4, -0.2) is 50.5 Å². The predicted molar refractivity (Wildman–Crippen MR) is 121 cm³/mol. The van der Waals surface area contributed by atoms with Gasteiger partial charge >= 0.3 is 6.09 Å². The van der Waals surface area contributed by atoms with Gasteiger partial charge in [-0.15, -0.1) is 11.8 Å². The second kappa shape index (κ2) is 11.4. The zero-order valence-electron chi connectivity index (χ0n) is 17.3. The number of hydrogen-bond acceptors (Lipinski definition) is 6. The molecule has 31 heavy (non-hydrogen) atoms. The monoisotopic (exact) mass is 443 g/mol. The minimum Gasteiger partial charge on any atom is -0.447 e. The minimum absolute atomic E-state index is 0.0708. The van der Waals surface area contributed by atoms with Gasteiger partial charge in [-0.1, -0.05) is 18.2 Å². The third kappa shape index (κ3) is 6.73. The molecule has 0 radical (unpaired) electrons. The molecule has 164 valence electrons. The smallest absolute Gasteiger partial charge is 0.411 e. The van der Waals surface area contributed by atoms with E-state index < -0.39 is 6.09 Å². The Morgan fingerprint density at radius 3 is 2.58 bits per heavy atom. The largest absolute Gasteiger partial charge is 0.447 e. The summed E-state index contributed by atoms with van der Waals surface area (Å²) < 4.78 is 9.77. The lowest BCUT2D eigenvalue weighted by Crippen LogP contribution is -2.35. The summed E-state index contributed by atoms with van der Waals surface area (Å²) in [5.74, 6) is 0.493. The summed E-state index contributed by atoms with van der Waals surface area (Å²) in [5, 5.41) is 5.35. The molecule has 0 atom stereocenters. The van der Waals surface area contributed by atoms with Gasteiger partial charge in [0.05, 0.1) is 12.3 Å². The van der Waals surface area contributed by atoms with Crippen molar-refractivity contribution in [2.45, 2.75) is 17.7 Å². The molecule has 3 amide bonds. The van der Waals surface area contributed by atoms with E-state index in [4.69, 9.17) is 9.47 Å². The van der Waals surface area contributed by atoms with Gasteiger partial charge in [0.25, 0.3) is 0 Å². The molecule has 2 aromatic carbocycles. The van der Waals surface area contributed by atoms with Crippen LogP contribution in [0, 0.1) is 0 Å². The van der Waals surface area contributed by atoms with E-state index in [1.54, 1.807) is 40.9 Å². The lowest BCUT2D eigenvalue weighted by atomic mass is 10.2. The van der Waals surface area contributed by atoms with Crippen LogP contribution < -0.4 is 15.5 Å². The van der Waals surface area contributed by atoms with Crippen molar-refractivity contribution in [3.05, 3.63) is 48.5 Å². The molecule has 3 rings (SSSR count). The van der Waals surface area contributed by atoms with Gasteiger partial charge in [0.15, 0.2) is 0 Å². The summed E-state index contributed by atoms with van der Waals surface area (Å²) in [6.07, 6.45) is -0.415. The zero-order valence-corrected chi connectivity index (χ0v) is 18.1. The van der Waals surface area contributed by atoms with E-state index in [2.05, 4.69) is 10.6 Å². The maximum atomic E-state index is 12.7. The van der Waals surface area contributed by atoms with Gasteiger partial charge in [-0.2, -0.15) is 0 Å². The maximum Gasteiger partial charge on any atom is 0.411 e. The van der Waals surface area contributed by atoms with E-state index in [1.807, 2.05) is 24.3 Å². The molecule has 1 heterocycles. The van der Waals surface area contributed by atoms with Crippen LogP contribution in [-0.2, 0) is 19.1 Å². The highest BCUT2D eigenvalue weighted by Crippen LogP contribution is 2.34. The first-order chi connectivity index (χ1) is 15.1. The van der Waals surface area contributed by atoms with Crippen molar-refractivity contribution in [3.8, 4) is 0 Å². The Labute approximate surface area is 185 Å². The average molecular weight is 444 g/mol. The minimum atomic E-state index is -0.605. The summed E-state index contributed by atoms with van der Waals surface area (Å²) in [6, 6.07) is 14.5. The molecule has 1 aliphatic rings. The zero-order chi connectivity index (χ0) is 22.1. The Bertz CT molecular complexity index is 937. The number of carbonyl (C=O) groups is 3. The van der Waals surface area contributed by atoms with Gasteiger partial charge in [0.2, 0.25) is 11.8 Å². The van der Waals surface area contributed by atoms with Gasteiger partial charge in [0, 0.05) is 48.5 Å². The van der Waals surface area contributed by atoms with Crippen LogP contribution in [0.1, 0.15) is 12.8 Å². The van der Waals surface area contributed by atoms with Crippen molar-refractivity contribution >= 4 is 46.7 Å².